The molecule has 102 valence electrons. The average molecular weight is 262 g/mol. The van der Waals surface area contributed by atoms with E-state index in [1.807, 2.05) is 30.3 Å². The van der Waals surface area contributed by atoms with E-state index >= 15 is 0 Å². The molecule has 1 heterocycles. The number of aliphatic carboxylic acids is 1. The minimum Gasteiger partial charge on any atom is -0.481 e. The third-order valence-electron chi connectivity index (χ3n) is 3.34. The van der Waals surface area contributed by atoms with E-state index in [-0.39, 0.29) is 6.03 Å². The highest BCUT2D eigenvalue weighted by Gasteiger charge is 2.27. The fourth-order valence-corrected chi connectivity index (χ4v) is 2.25. The maximum absolute atomic E-state index is 12.0. The van der Waals surface area contributed by atoms with Gasteiger partial charge in [0, 0.05) is 19.6 Å². The number of amides is 2. The Morgan fingerprint density at radius 1 is 1.32 bits per heavy atom. The summed E-state index contributed by atoms with van der Waals surface area (Å²) in [5.41, 5.74) is 1.03. The van der Waals surface area contributed by atoms with Crippen molar-refractivity contribution in [2.24, 2.45) is 5.92 Å². The van der Waals surface area contributed by atoms with Gasteiger partial charge in [-0.25, -0.2) is 4.79 Å². The molecule has 0 unspecified atom stereocenters. The number of urea groups is 1. The number of carboxylic acid groups (broad SMARTS) is 1. The van der Waals surface area contributed by atoms with Gasteiger partial charge < -0.3 is 15.3 Å². The van der Waals surface area contributed by atoms with E-state index in [0.29, 0.717) is 26.1 Å². The van der Waals surface area contributed by atoms with Crippen molar-refractivity contribution in [1.82, 2.24) is 10.2 Å². The van der Waals surface area contributed by atoms with E-state index in [4.69, 9.17) is 5.11 Å². The first-order valence-corrected chi connectivity index (χ1v) is 6.46. The number of likely N-dealkylation sites (tertiary alicyclic amines) is 1. The van der Waals surface area contributed by atoms with Gasteiger partial charge in [0.15, 0.2) is 0 Å². The Morgan fingerprint density at radius 3 is 2.74 bits per heavy atom. The van der Waals surface area contributed by atoms with Gasteiger partial charge in [0.1, 0.15) is 0 Å². The first-order valence-electron chi connectivity index (χ1n) is 6.46. The van der Waals surface area contributed by atoms with E-state index in [2.05, 4.69) is 5.32 Å². The SMILES string of the molecule is O=C(O)[C@@H]1CCCN(C(=O)NCc2ccccc2)C1. The monoisotopic (exact) mass is 262 g/mol. The first kappa shape index (κ1) is 13.4. The lowest BCUT2D eigenvalue weighted by Crippen LogP contribution is -2.46. The van der Waals surface area contributed by atoms with Gasteiger partial charge in [-0.2, -0.15) is 0 Å². The second-order valence-electron chi connectivity index (χ2n) is 4.77. The van der Waals surface area contributed by atoms with E-state index in [9.17, 15) is 9.59 Å². The van der Waals surface area contributed by atoms with Gasteiger partial charge >= 0.3 is 12.0 Å². The number of carbonyl (C=O) groups is 2. The Labute approximate surface area is 112 Å². The lowest BCUT2D eigenvalue weighted by atomic mass is 9.99. The van der Waals surface area contributed by atoms with Crippen molar-refractivity contribution in [2.75, 3.05) is 13.1 Å². The van der Waals surface area contributed by atoms with E-state index in [0.717, 1.165) is 12.0 Å². The number of hydrogen-bond acceptors (Lipinski definition) is 2. The van der Waals surface area contributed by atoms with Crippen molar-refractivity contribution in [3.05, 3.63) is 35.9 Å². The average Bonchev–Trinajstić information content (AvgIpc) is 2.46. The highest BCUT2D eigenvalue weighted by molar-refractivity contribution is 5.76. The maximum Gasteiger partial charge on any atom is 0.317 e. The molecule has 1 saturated heterocycles. The highest BCUT2D eigenvalue weighted by Crippen LogP contribution is 2.16. The van der Waals surface area contributed by atoms with Crippen molar-refractivity contribution in [2.45, 2.75) is 19.4 Å². The molecule has 0 spiro atoms. The quantitative estimate of drug-likeness (QED) is 0.871. The van der Waals surface area contributed by atoms with Crippen molar-refractivity contribution in [3.63, 3.8) is 0 Å². The number of benzene rings is 1. The molecule has 0 aromatic heterocycles. The van der Waals surface area contributed by atoms with Crippen LogP contribution in [-0.2, 0) is 11.3 Å². The summed E-state index contributed by atoms with van der Waals surface area (Å²) in [5, 5.41) is 11.8. The van der Waals surface area contributed by atoms with Gasteiger partial charge in [0.25, 0.3) is 0 Å². The van der Waals surface area contributed by atoms with Crippen LogP contribution in [0.1, 0.15) is 18.4 Å². The molecule has 1 aromatic rings. The van der Waals surface area contributed by atoms with Crippen LogP contribution < -0.4 is 5.32 Å². The van der Waals surface area contributed by atoms with Crippen LogP contribution in [0.5, 0.6) is 0 Å². The Bertz CT molecular complexity index is 447. The topological polar surface area (TPSA) is 69.6 Å². The Kier molecular flexibility index (Phi) is 4.39. The summed E-state index contributed by atoms with van der Waals surface area (Å²) in [4.78, 5) is 24.5. The van der Waals surface area contributed by atoms with Crippen LogP contribution in [-0.4, -0.2) is 35.1 Å². The molecule has 1 aliphatic heterocycles. The molecule has 2 amide bonds. The van der Waals surface area contributed by atoms with Gasteiger partial charge in [-0.3, -0.25) is 4.79 Å². The third-order valence-corrected chi connectivity index (χ3v) is 3.34. The van der Waals surface area contributed by atoms with Gasteiger partial charge in [-0.15, -0.1) is 0 Å². The van der Waals surface area contributed by atoms with Gasteiger partial charge in [-0.05, 0) is 18.4 Å². The lowest BCUT2D eigenvalue weighted by molar-refractivity contribution is -0.143. The molecule has 19 heavy (non-hydrogen) atoms. The molecule has 0 saturated carbocycles. The third kappa shape index (κ3) is 3.71. The zero-order chi connectivity index (χ0) is 13.7. The van der Waals surface area contributed by atoms with Crippen molar-refractivity contribution in [1.29, 1.82) is 0 Å². The number of rotatable bonds is 3. The molecule has 5 heteroatoms. The van der Waals surface area contributed by atoms with Gasteiger partial charge in [0.05, 0.1) is 5.92 Å². The van der Waals surface area contributed by atoms with Gasteiger partial charge in [-0.1, -0.05) is 30.3 Å². The Hall–Kier alpha value is -2.04. The molecule has 2 rings (SSSR count). The summed E-state index contributed by atoms with van der Waals surface area (Å²) in [5.74, 6) is -1.25. The summed E-state index contributed by atoms with van der Waals surface area (Å²) >= 11 is 0. The normalized spacial score (nSPS) is 18.9. The molecule has 0 aliphatic carbocycles. The predicted octanol–water partition coefficient (Wildman–Crippen LogP) is 1.69. The summed E-state index contributed by atoms with van der Waals surface area (Å²) in [7, 11) is 0. The standard InChI is InChI=1S/C14H18N2O3/c17-13(18)12-7-4-8-16(10-12)14(19)15-9-11-5-2-1-3-6-11/h1-3,5-6,12H,4,7-10H2,(H,15,19)(H,17,18)/t12-/m1/s1. The summed E-state index contributed by atoms with van der Waals surface area (Å²) in [6.45, 7) is 1.40. The Balaban J connectivity index is 1.84. The van der Waals surface area contributed by atoms with Crippen molar-refractivity contribution < 1.29 is 14.7 Å². The van der Waals surface area contributed by atoms with Crippen molar-refractivity contribution in [3.8, 4) is 0 Å². The van der Waals surface area contributed by atoms with Crippen LogP contribution in [0.4, 0.5) is 4.79 Å². The molecule has 1 aliphatic rings. The molecular weight excluding hydrogens is 244 g/mol. The number of carbonyl (C=O) groups excluding carboxylic acids is 1. The summed E-state index contributed by atoms with van der Waals surface area (Å²) in [6, 6.07) is 9.46. The molecule has 5 nitrogen and oxygen atoms in total. The fourth-order valence-electron chi connectivity index (χ4n) is 2.25. The smallest absolute Gasteiger partial charge is 0.317 e. The largest absolute Gasteiger partial charge is 0.481 e. The highest BCUT2D eigenvalue weighted by atomic mass is 16.4. The second kappa shape index (κ2) is 6.22. The number of nitrogens with zero attached hydrogens (tertiary/aromatic N) is 1. The van der Waals surface area contributed by atoms with Crippen LogP contribution >= 0.6 is 0 Å². The Morgan fingerprint density at radius 2 is 2.05 bits per heavy atom. The minimum atomic E-state index is -0.819. The predicted molar refractivity (Wildman–Crippen MR) is 70.6 cm³/mol. The first-order chi connectivity index (χ1) is 9.16. The van der Waals surface area contributed by atoms with Crippen LogP contribution in [0, 0.1) is 5.92 Å². The zero-order valence-corrected chi connectivity index (χ0v) is 10.7. The van der Waals surface area contributed by atoms with Crippen LogP contribution in [0.15, 0.2) is 30.3 Å². The fraction of sp³-hybridized carbons (Fsp3) is 0.429. The molecular formula is C14H18N2O3. The van der Waals surface area contributed by atoms with E-state index in [1.165, 1.54) is 0 Å². The summed E-state index contributed by atoms with van der Waals surface area (Å²) < 4.78 is 0. The molecule has 2 N–H and O–H groups in total. The van der Waals surface area contributed by atoms with Crippen LogP contribution in [0.25, 0.3) is 0 Å². The molecule has 0 bridgehead atoms. The van der Waals surface area contributed by atoms with E-state index in [1.54, 1.807) is 4.90 Å². The van der Waals surface area contributed by atoms with E-state index < -0.39 is 11.9 Å². The molecule has 1 atom stereocenters. The van der Waals surface area contributed by atoms with Crippen LogP contribution in [0.3, 0.4) is 0 Å². The number of piperidine rings is 1. The summed E-state index contributed by atoms with van der Waals surface area (Å²) in [6.07, 6.45) is 1.40. The molecule has 0 radical (unpaired) electrons. The minimum absolute atomic E-state index is 0.185. The zero-order valence-electron chi connectivity index (χ0n) is 10.7. The molecule has 1 fully saturated rings. The maximum atomic E-state index is 12.0. The number of hydrogen-bond donors (Lipinski definition) is 2. The molecule has 1 aromatic carbocycles. The number of carboxylic acids is 1. The van der Waals surface area contributed by atoms with Crippen molar-refractivity contribution >= 4 is 12.0 Å². The van der Waals surface area contributed by atoms with Crippen LogP contribution in [0.2, 0.25) is 0 Å². The number of nitrogens with one attached hydrogen (secondary N) is 1. The lowest BCUT2D eigenvalue weighted by Gasteiger charge is -2.30. The second-order valence-corrected chi connectivity index (χ2v) is 4.77. The van der Waals surface area contributed by atoms with Gasteiger partial charge in [0.2, 0.25) is 0 Å².